The van der Waals surface area contributed by atoms with Crippen molar-refractivity contribution in [1.29, 1.82) is 0 Å². The highest BCUT2D eigenvalue weighted by Crippen LogP contribution is 2.30. The van der Waals surface area contributed by atoms with Crippen molar-refractivity contribution in [2.24, 2.45) is 5.10 Å². The van der Waals surface area contributed by atoms with E-state index < -0.39 is 18.0 Å². The highest BCUT2D eigenvalue weighted by atomic mass is 19.4. The Morgan fingerprint density at radius 1 is 1.03 bits per heavy atom. The molecular weight excluding hydrogens is 381 g/mol. The Morgan fingerprint density at radius 3 is 2.34 bits per heavy atom. The van der Waals surface area contributed by atoms with Crippen LogP contribution in [0.4, 0.5) is 13.2 Å². The van der Waals surface area contributed by atoms with Crippen molar-refractivity contribution in [3.8, 4) is 0 Å². The van der Waals surface area contributed by atoms with Gasteiger partial charge in [0.25, 0.3) is 5.91 Å². The molecule has 1 amide bonds. The lowest BCUT2D eigenvalue weighted by molar-refractivity contribution is -0.141. The van der Waals surface area contributed by atoms with E-state index in [0.717, 1.165) is 29.0 Å². The predicted octanol–water partition coefficient (Wildman–Crippen LogP) is 3.98. The molecule has 1 atom stereocenters. The molecule has 2 aliphatic rings. The number of amides is 1. The zero-order chi connectivity index (χ0) is 20.8. The van der Waals surface area contributed by atoms with Gasteiger partial charge in [0.15, 0.2) is 0 Å². The number of hydrazone groups is 1. The summed E-state index contributed by atoms with van der Waals surface area (Å²) in [6.45, 7) is 3.83. The second kappa shape index (κ2) is 6.88. The van der Waals surface area contributed by atoms with Crippen molar-refractivity contribution in [2.75, 3.05) is 0 Å². The fraction of sp³-hybridized carbons (Fsp3) is 0.190. The number of alkyl halides is 3. The molecule has 1 N–H and O–H groups in total. The average Bonchev–Trinajstić information content (AvgIpc) is 2.68. The highest BCUT2D eigenvalue weighted by molar-refractivity contribution is 6.23. The third-order valence-corrected chi connectivity index (χ3v) is 4.76. The maximum atomic E-state index is 12.7. The van der Waals surface area contributed by atoms with Gasteiger partial charge in [-0.3, -0.25) is 9.78 Å². The molecule has 1 aromatic heterocycles. The molecule has 0 saturated heterocycles. The Labute approximate surface area is 165 Å². The van der Waals surface area contributed by atoms with E-state index in [1.54, 1.807) is 0 Å². The minimum absolute atomic E-state index is 0.359. The Bertz CT molecular complexity index is 1050. The average molecular weight is 398 g/mol. The first-order valence-corrected chi connectivity index (χ1v) is 8.92. The third kappa shape index (κ3) is 3.65. The Kier molecular flexibility index (Phi) is 4.49. The normalized spacial score (nSPS) is 19.1. The molecule has 29 heavy (non-hydrogen) atoms. The predicted molar refractivity (Wildman–Crippen MR) is 103 cm³/mol. The molecule has 1 aromatic carbocycles. The molecule has 0 saturated carbocycles. The van der Waals surface area contributed by atoms with Gasteiger partial charge in [-0.05, 0) is 37.6 Å². The number of allylic oxidation sites excluding steroid dienone is 1. The van der Waals surface area contributed by atoms with Gasteiger partial charge >= 0.3 is 6.18 Å². The van der Waals surface area contributed by atoms with E-state index in [4.69, 9.17) is 0 Å². The number of aryl methyl sites for hydroxylation is 1. The summed E-state index contributed by atoms with van der Waals surface area (Å²) in [6, 6.07) is 10.1. The van der Waals surface area contributed by atoms with Crippen molar-refractivity contribution in [3.63, 3.8) is 0 Å². The number of benzene rings is 1. The largest absolute Gasteiger partial charge is 0.433 e. The molecule has 5 nitrogen and oxygen atoms in total. The molecule has 2 aromatic rings. The van der Waals surface area contributed by atoms with Crippen molar-refractivity contribution in [3.05, 3.63) is 77.1 Å². The summed E-state index contributed by atoms with van der Waals surface area (Å²) in [7, 11) is 0. The fourth-order valence-electron chi connectivity index (χ4n) is 3.23. The van der Waals surface area contributed by atoms with Gasteiger partial charge in [-0.2, -0.15) is 18.3 Å². The zero-order valence-corrected chi connectivity index (χ0v) is 15.7. The number of halogens is 3. The van der Waals surface area contributed by atoms with Crippen LogP contribution in [-0.4, -0.2) is 27.8 Å². The molecule has 0 bridgehead atoms. The van der Waals surface area contributed by atoms with Crippen molar-refractivity contribution >= 4 is 22.9 Å². The number of aromatic nitrogens is 1. The van der Waals surface area contributed by atoms with Crippen LogP contribution in [0.2, 0.25) is 0 Å². The topological polar surface area (TPSA) is 57.6 Å². The molecule has 4 rings (SSSR count). The second-order valence-electron chi connectivity index (χ2n) is 6.89. The van der Waals surface area contributed by atoms with Crippen LogP contribution in [0.25, 0.3) is 11.3 Å². The molecule has 0 spiro atoms. The minimum Gasteiger partial charge on any atom is -0.360 e. The number of rotatable bonds is 2. The van der Waals surface area contributed by atoms with Gasteiger partial charge in [-0.1, -0.05) is 29.8 Å². The van der Waals surface area contributed by atoms with Gasteiger partial charge in [0.1, 0.15) is 11.9 Å². The number of hydrogen-bond donors (Lipinski definition) is 1. The molecule has 2 aliphatic heterocycles. The lowest BCUT2D eigenvalue weighted by atomic mass is 9.98. The molecule has 3 heterocycles. The molecule has 0 radical (unpaired) electrons. The van der Waals surface area contributed by atoms with Crippen LogP contribution in [0.3, 0.4) is 0 Å². The Balaban J connectivity index is 1.65. The van der Waals surface area contributed by atoms with E-state index in [2.05, 4.69) is 15.4 Å². The molecular formula is C21H17F3N4O. The van der Waals surface area contributed by atoms with Gasteiger partial charge in [0, 0.05) is 23.4 Å². The Morgan fingerprint density at radius 2 is 1.72 bits per heavy atom. The van der Waals surface area contributed by atoms with Gasteiger partial charge in [-0.25, -0.2) is 5.01 Å². The van der Waals surface area contributed by atoms with Crippen LogP contribution in [0.5, 0.6) is 0 Å². The number of pyridine rings is 1. The van der Waals surface area contributed by atoms with Crippen LogP contribution >= 0.6 is 0 Å². The maximum absolute atomic E-state index is 12.7. The first-order valence-electron chi connectivity index (χ1n) is 8.92. The van der Waals surface area contributed by atoms with Crippen molar-refractivity contribution < 1.29 is 18.0 Å². The highest BCUT2D eigenvalue weighted by Gasteiger charge is 2.34. The standard InChI is InChI=1S/C21H17F3N4O/c1-12-3-5-14(6-4-12)16-9-19-26-17(10-20(29)28(19)27-13(16)2)15-7-8-18(25-11-15)21(22,23)24/h3-11,19,26H,1-2H3. The number of hydrogen-bond acceptors (Lipinski definition) is 4. The quantitative estimate of drug-likeness (QED) is 0.833. The Hall–Kier alpha value is -3.42. The lowest BCUT2D eigenvalue weighted by Crippen LogP contribution is -2.49. The van der Waals surface area contributed by atoms with E-state index in [0.29, 0.717) is 17.0 Å². The molecule has 1 unspecified atom stereocenters. The summed E-state index contributed by atoms with van der Waals surface area (Å²) in [5, 5.41) is 8.87. The first-order chi connectivity index (χ1) is 13.7. The van der Waals surface area contributed by atoms with Gasteiger partial charge in [0.2, 0.25) is 0 Å². The van der Waals surface area contributed by atoms with Crippen molar-refractivity contribution in [1.82, 2.24) is 15.3 Å². The summed E-state index contributed by atoms with van der Waals surface area (Å²) < 4.78 is 38.2. The smallest absolute Gasteiger partial charge is 0.360 e. The summed E-state index contributed by atoms with van der Waals surface area (Å²) in [5.74, 6) is -0.359. The van der Waals surface area contributed by atoms with Gasteiger partial charge in [0.05, 0.1) is 11.4 Å². The monoisotopic (exact) mass is 398 g/mol. The maximum Gasteiger partial charge on any atom is 0.433 e. The number of nitrogens with zero attached hydrogens (tertiary/aromatic N) is 3. The summed E-state index contributed by atoms with van der Waals surface area (Å²) in [4.78, 5) is 16.0. The van der Waals surface area contributed by atoms with Crippen LogP contribution in [-0.2, 0) is 11.0 Å². The van der Waals surface area contributed by atoms with E-state index in [-0.39, 0.29) is 5.91 Å². The van der Waals surface area contributed by atoms with E-state index in [9.17, 15) is 18.0 Å². The van der Waals surface area contributed by atoms with E-state index in [1.165, 1.54) is 17.2 Å². The zero-order valence-electron chi connectivity index (χ0n) is 15.7. The molecule has 0 aliphatic carbocycles. The number of carbonyl (C=O) groups excluding carboxylic acids is 1. The summed E-state index contributed by atoms with van der Waals surface area (Å²) >= 11 is 0. The van der Waals surface area contributed by atoms with Crippen molar-refractivity contribution in [2.45, 2.75) is 26.2 Å². The van der Waals surface area contributed by atoms with E-state index in [1.807, 2.05) is 44.2 Å². The second-order valence-corrected chi connectivity index (χ2v) is 6.89. The number of fused-ring (bicyclic) bond motifs is 1. The molecule has 8 heteroatoms. The molecule has 148 valence electrons. The molecule has 0 fully saturated rings. The van der Waals surface area contributed by atoms with Gasteiger partial charge in [-0.15, -0.1) is 0 Å². The number of carbonyl (C=O) groups is 1. The van der Waals surface area contributed by atoms with Gasteiger partial charge < -0.3 is 5.32 Å². The SMILES string of the molecule is CC1=NN2C(=O)C=C(c3ccc(C(F)(F)F)nc3)NC2C=C1c1ccc(C)cc1. The van der Waals surface area contributed by atoms with Crippen LogP contribution in [0, 0.1) is 6.92 Å². The minimum atomic E-state index is -4.51. The lowest BCUT2D eigenvalue weighted by Gasteiger charge is -2.35. The first kappa shape index (κ1) is 18.9. The summed E-state index contributed by atoms with van der Waals surface area (Å²) in [6.07, 6.45) is -0.768. The van der Waals surface area contributed by atoms with Crippen LogP contribution < -0.4 is 5.32 Å². The summed E-state index contributed by atoms with van der Waals surface area (Å²) in [5.41, 5.74) is 3.50. The number of nitrogens with one attached hydrogen (secondary N) is 1. The van der Waals surface area contributed by atoms with Crippen LogP contribution in [0.1, 0.15) is 29.3 Å². The van der Waals surface area contributed by atoms with Crippen LogP contribution in [0.15, 0.2) is 59.8 Å². The third-order valence-electron chi connectivity index (χ3n) is 4.76. The van der Waals surface area contributed by atoms with E-state index >= 15 is 0 Å². The fourth-order valence-corrected chi connectivity index (χ4v) is 3.23.